The molecule has 1 aromatic rings. The fourth-order valence-electron chi connectivity index (χ4n) is 0.769. The summed E-state index contributed by atoms with van der Waals surface area (Å²) in [4.78, 5) is 16.2. The molecule has 1 aromatic carbocycles. The standard InChI is InChI=1S/C7H6ClNO5S/c8-6-2-1-5(4-10)3-7(6)14-9-15(11,12)13/h1-4,9H,(H,11,12,13). The highest BCUT2D eigenvalue weighted by Gasteiger charge is 2.08. The molecule has 0 aliphatic carbocycles. The average molecular weight is 252 g/mol. The molecule has 15 heavy (non-hydrogen) atoms. The summed E-state index contributed by atoms with van der Waals surface area (Å²) in [7, 11) is -4.48. The first-order valence-electron chi connectivity index (χ1n) is 3.58. The third kappa shape index (κ3) is 3.84. The van der Waals surface area contributed by atoms with Gasteiger partial charge in [0.15, 0.2) is 5.75 Å². The molecule has 0 aliphatic heterocycles. The Morgan fingerprint density at radius 3 is 2.67 bits per heavy atom. The lowest BCUT2D eigenvalue weighted by molar-refractivity contribution is 0.112. The number of nitrogens with one attached hydrogen (secondary N) is 1. The van der Waals surface area contributed by atoms with Crippen molar-refractivity contribution < 1.29 is 22.6 Å². The van der Waals surface area contributed by atoms with Gasteiger partial charge < -0.3 is 4.84 Å². The van der Waals surface area contributed by atoms with Crippen molar-refractivity contribution in [2.24, 2.45) is 0 Å². The van der Waals surface area contributed by atoms with Gasteiger partial charge in [-0.05, 0) is 23.1 Å². The number of benzene rings is 1. The Morgan fingerprint density at radius 1 is 1.47 bits per heavy atom. The van der Waals surface area contributed by atoms with Crippen molar-refractivity contribution in [1.29, 1.82) is 0 Å². The van der Waals surface area contributed by atoms with Gasteiger partial charge in [-0.1, -0.05) is 11.6 Å². The molecule has 0 atom stereocenters. The fourth-order valence-corrected chi connectivity index (χ4v) is 1.12. The van der Waals surface area contributed by atoms with E-state index in [2.05, 4.69) is 4.84 Å². The Morgan fingerprint density at radius 2 is 2.13 bits per heavy atom. The smallest absolute Gasteiger partial charge is 0.364 e. The van der Waals surface area contributed by atoms with Crippen molar-refractivity contribution in [3.63, 3.8) is 0 Å². The number of hydrogen-bond donors (Lipinski definition) is 2. The minimum Gasteiger partial charge on any atom is -0.390 e. The van der Waals surface area contributed by atoms with Crippen LogP contribution in [0.15, 0.2) is 18.2 Å². The van der Waals surface area contributed by atoms with Crippen molar-refractivity contribution in [2.75, 3.05) is 0 Å². The molecule has 0 spiro atoms. The van der Waals surface area contributed by atoms with Crippen LogP contribution in [0.25, 0.3) is 0 Å². The van der Waals surface area contributed by atoms with E-state index in [1.54, 1.807) is 0 Å². The monoisotopic (exact) mass is 251 g/mol. The molecule has 8 heteroatoms. The number of hydrogen-bond acceptors (Lipinski definition) is 4. The maximum absolute atomic E-state index is 10.4. The lowest BCUT2D eigenvalue weighted by Gasteiger charge is -2.05. The van der Waals surface area contributed by atoms with Crippen LogP contribution in [0.3, 0.4) is 0 Å². The van der Waals surface area contributed by atoms with Crippen LogP contribution in [0.2, 0.25) is 5.02 Å². The fraction of sp³-hybridized carbons (Fsp3) is 0. The van der Waals surface area contributed by atoms with Crippen molar-refractivity contribution in [3.05, 3.63) is 28.8 Å². The quantitative estimate of drug-likeness (QED) is 0.470. The first-order chi connectivity index (χ1) is 6.92. The van der Waals surface area contributed by atoms with E-state index in [1.807, 2.05) is 0 Å². The van der Waals surface area contributed by atoms with E-state index in [1.165, 1.54) is 23.1 Å². The summed E-state index contributed by atoms with van der Waals surface area (Å²) in [6.07, 6.45) is 0.538. The zero-order chi connectivity index (χ0) is 11.5. The molecular formula is C7H6ClNO5S. The van der Waals surface area contributed by atoms with E-state index in [-0.39, 0.29) is 16.3 Å². The van der Waals surface area contributed by atoms with Gasteiger partial charge in [0.25, 0.3) is 0 Å². The van der Waals surface area contributed by atoms with Crippen LogP contribution in [0.4, 0.5) is 0 Å². The van der Waals surface area contributed by atoms with Crippen molar-refractivity contribution in [3.8, 4) is 5.75 Å². The van der Waals surface area contributed by atoms with Gasteiger partial charge in [0.05, 0.1) is 5.02 Å². The first-order valence-corrected chi connectivity index (χ1v) is 5.40. The molecule has 0 radical (unpaired) electrons. The van der Waals surface area contributed by atoms with E-state index in [0.717, 1.165) is 0 Å². The normalized spacial score (nSPS) is 11.1. The van der Waals surface area contributed by atoms with E-state index < -0.39 is 10.3 Å². The van der Waals surface area contributed by atoms with Gasteiger partial charge in [0.1, 0.15) is 6.29 Å². The molecule has 0 unspecified atom stereocenters. The summed E-state index contributed by atoms with van der Waals surface area (Å²) < 4.78 is 28.9. The van der Waals surface area contributed by atoms with Gasteiger partial charge in [0, 0.05) is 5.56 Å². The highest BCUT2D eigenvalue weighted by Crippen LogP contribution is 2.24. The average Bonchev–Trinajstić information content (AvgIpc) is 2.15. The summed E-state index contributed by atoms with van der Waals surface area (Å²) in [6.45, 7) is 0. The molecule has 0 saturated carbocycles. The SMILES string of the molecule is O=Cc1ccc(Cl)c(ONS(=O)(=O)O)c1. The maximum Gasteiger partial charge on any atom is 0.364 e. The topological polar surface area (TPSA) is 92.7 Å². The molecule has 0 bridgehead atoms. The van der Waals surface area contributed by atoms with Gasteiger partial charge in [-0.3, -0.25) is 9.35 Å². The van der Waals surface area contributed by atoms with Crippen LogP contribution in [0.1, 0.15) is 10.4 Å². The summed E-state index contributed by atoms with van der Waals surface area (Å²) in [5.74, 6) is -0.0844. The number of halogens is 1. The molecule has 6 nitrogen and oxygen atoms in total. The van der Waals surface area contributed by atoms with Gasteiger partial charge in [-0.25, -0.2) is 0 Å². The van der Waals surface area contributed by atoms with E-state index >= 15 is 0 Å². The molecule has 0 fully saturated rings. The summed E-state index contributed by atoms with van der Waals surface area (Å²) in [5, 5.41) is 0.0942. The highest BCUT2D eigenvalue weighted by atomic mass is 35.5. The minimum absolute atomic E-state index is 0.0844. The second-order valence-electron chi connectivity index (χ2n) is 2.47. The van der Waals surface area contributed by atoms with Crippen LogP contribution < -0.4 is 9.72 Å². The van der Waals surface area contributed by atoms with Crippen molar-refractivity contribution >= 4 is 28.2 Å². The van der Waals surface area contributed by atoms with E-state index in [0.29, 0.717) is 6.29 Å². The van der Waals surface area contributed by atoms with Crippen molar-refractivity contribution in [2.45, 2.75) is 0 Å². The van der Waals surface area contributed by atoms with Gasteiger partial charge in [-0.15, -0.1) is 0 Å². The minimum atomic E-state index is -4.48. The van der Waals surface area contributed by atoms with Crippen LogP contribution >= 0.6 is 11.6 Å². The lowest BCUT2D eigenvalue weighted by atomic mass is 10.2. The van der Waals surface area contributed by atoms with E-state index in [4.69, 9.17) is 16.2 Å². The predicted octanol–water partition coefficient (Wildman–Crippen LogP) is 0.839. The van der Waals surface area contributed by atoms with Gasteiger partial charge in [0.2, 0.25) is 0 Å². The van der Waals surface area contributed by atoms with Gasteiger partial charge >= 0.3 is 10.3 Å². The molecule has 0 saturated heterocycles. The zero-order valence-electron chi connectivity index (χ0n) is 7.18. The number of rotatable bonds is 4. The highest BCUT2D eigenvalue weighted by molar-refractivity contribution is 7.83. The molecule has 82 valence electrons. The van der Waals surface area contributed by atoms with Crippen LogP contribution in [0, 0.1) is 0 Å². The van der Waals surface area contributed by atoms with Crippen LogP contribution in [-0.4, -0.2) is 19.3 Å². The van der Waals surface area contributed by atoms with Gasteiger partial charge in [-0.2, -0.15) is 8.42 Å². The third-order valence-electron chi connectivity index (χ3n) is 1.35. The molecule has 0 amide bonds. The molecule has 2 N–H and O–H groups in total. The maximum atomic E-state index is 10.4. The molecular weight excluding hydrogens is 246 g/mol. The Bertz CT molecular complexity index is 472. The zero-order valence-corrected chi connectivity index (χ0v) is 8.75. The Kier molecular flexibility index (Phi) is 3.64. The van der Waals surface area contributed by atoms with Crippen LogP contribution in [0.5, 0.6) is 5.75 Å². The first kappa shape index (κ1) is 11.9. The molecule has 0 aromatic heterocycles. The number of carbonyl (C=O) groups excluding carboxylic acids is 1. The van der Waals surface area contributed by atoms with E-state index in [9.17, 15) is 13.2 Å². The molecule has 1 rings (SSSR count). The second-order valence-corrected chi connectivity index (χ2v) is 3.99. The Balaban J connectivity index is 2.89. The summed E-state index contributed by atoms with van der Waals surface area (Å²) >= 11 is 5.62. The number of carbonyl (C=O) groups is 1. The predicted molar refractivity (Wildman–Crippen MR) is 52.2 cm³/mol. The summed E-state index contributed by atoms with van der Waals surface area (Å²) in [5.41, 5.74) is 0.256. The lowest BCUT2D eigenvalue weighted by Crippen LogP contribution is -2.26. The molecule has 0 heterocycles. The third-order valence-corrected chi connectivity index (χ3v) is 1.95. The van der Waals surface area contributed by atoms with Crippen molar-refractivity contribution in [1.82, 2.24) is 4.89 Å². The second kappa shape index (κ2) is 4.58. The Hall–Kier alpha value is -1.15. The largest absolute Gasteiger partial charge is 0.390 e. The number of aldehydes is 1. The summed E-state index contributed by atoms with van der Waals surface area (Å²) in [6, 6.07) is 4.00. The molecule has 0 aliphatic rings. The van der Waals surface area contributed by atoms with Crippen LogP contribution in [-0.2, 0) is 10.3 Å². The Labute approximate surface area is 90.6 Å².